The molecule has 2 heteroatoms. The van der Waals surface area contributed by atoms with Crippen LogP contribution in [-0.2, 0) is 4.84 Å². The summed E-state index contributed by atoms with van der Waals surface area (Å²) in [6.07, 6.45) is 6.56. The van der Waals surface area contributed by atoms with E-state index in [2.05, 4.69) is 38.8 Å². The lowest BCUT2D eigenvalue weighted by Gasteiger charge is -2.27. The number of hydroxylamine groups is 2. The number of fused-ring (bicyclic) bond motifs is 1. The van der Waals surface area contributed by atoms with Crippen LogP contribution in [-0.4, -0.2) is 23.8 Å². The molecule has 92 valence electrons. The summed E-state index contributed by atoms with van der Waals surface area (Å²) in [6.45, 7) is 10.2. The molecule has 0 unspecified atom stereocenters. The van der Waals surface area contributed by atoms with Crippen molar-refractivity contribution in [2.45, 2.75) is 59.1 Å². The number of hydrogen-bond acceptors (Lipinski definition) is 2. The van der Waals surface area contributed by atoms with Crippen LogP contribution in [0.15, 0.2) is 11.6 Å². The lowest BCUT2D eigenvalue weighted by atomic mass is 9.87. The predicted molar refractivity (Wildman–Crippen MR) is 67.0 cm³/mol. The van der Waals surface area contributed by atoms with Crippen molar-refractivity contribution < 1.29 is 4.84 Å². The van der Waals surface area contributed by atoms with Gasteiger partial charge in [-0.2, -0.15) is 5.06 Å². The van der Waals surface area contributed by atoms with Crippen LogP contribution in [0, 0.1) is 11.8 Å². The molecule has 1 saturated heterocycles. The monoisotopic (exact) mass is 223 g/mol. The van der Waals surface area contributed by atoms with Crippen LogP contribution in [0.5, 0.6) is 0 Å². The number of nitrogens with zero attached hydrogens (tertiary/aromatic N) is 1. The molecule has 0 N–H and O–H groups in total. The molecule has 0 amide bonds. The molecule has 0 aromatic heterocycles. The Morgan fingerprint density at radius 2 is 2.12 bits per heavy atom. The minimum Gasteiger partial charge on any atom is -0.291 e. The molecule has 2 aliphatic rings. The summed E-state index contributed by atoms with van der Waals surface area (Å²) in [5.74, 6) is 1.31. The van der Waals surface area contributed by atoms with Crippen molar-refractivity contribution in [1.82, 2.24) is 5.06 Å². The van der Waals surface area contributed by atoms with E-state index in [1.165, 1.54) is 19.3 Å². The quantitative estimate of drug-likeness (QED) is 0.680. The van der Waals surface area contributed by atoms with Gasteiger partial charge in [0, 0.05) is 6.54 Å². The molecule has 1 fully saturated rings. The van der Waals surface area contributed by atoms with Gasteiger partial charge in [0.05, 0.1) is 6.04 Å². The van der Waals surface area contributed by atoms with Gasteiger partial charge in [-0.15, -0.1) is 0 Å². The highest BCUT2D eigenvalue weighted by atomic mass is 16.7. The second-order valence-corrected chi connectivity index (χ2v) is 5.91. The van der Waals surface area contributed by atoms with E-state index in [1.807, 2.05) is 0 Å². The summed E-state index contributed by atoms with van der Waals surface area (Å²) in [6, 6.07) is 0.521. The molecular formula is C14H25NO. The third kappa shape index (κ3) is 2.33. The molecule has 2 atom stereocenters. The highest BCUT2D eigenvalue weighted by molar-refractivity contribution is 5.22. The molecule has 1 aliphatic heterocycles. The minimum atomic E-state index is 0.389. The molecule has 16 heavy (non-hydrogen) atoms. The third-order valence-corrected chi connectivity index (χ3v) is 3.51. The summed E-state index contributed by atoms with van der Waals surface area (Å²) in [5, 5.41) is 2.25. The highest BCUT2D eigenvalue weighted by Gasteiger charge is 2.40. The van der Waals surface area contributed by atoms with Crippen molar-refractivity contribution >= 4 is 0 Å². The van der Waals surface area contributed by atoms with Gasteiger partial charge in [0.1, 0.15) is 6.10 Å². The smallest absolute Gasteiger partial charge is 0.102 e. The average molecular weight is 223 g/mol. The van der Waals surface area contributed by atoms with Crippen LogP contribution in [0.3, 0.4) is 0 Å². The van der Waals surface area contributed by atoms with Crippen LogP contribution in [0.2, 0.25) is 0 Å². The lowest BCUT2D eigenvalue weighted by Crippen LogP contribution is -2.35. The molecular weight excluding hydrogens is 198 g/mol. The van der Waals surface area contributed by atoms with Gasteiger partial charge >= 0.3 is 0 Å². The number of allylic oxidation sites excluding steroid dienone is 1. The van der Waals surface area contributed by atoms with E-state index >= 15 is 0 Å². The van der Waals surface area contributed by atoms with Gasteiger partial charge in [-0.3, -0.25) is 4.84 Å². The molecule has 0 aromatic rings. The summed E-state index contributed by atoms with van der Waals surface area (Å²) < 4.78 is 0. The zero-order valence-electron chi connectivity index (χ0n) is 11.1. The molecule has 0 saturated carbocycles. The zero-order chi connectivity index (χ0) is 11.7. The van der Waals surface area contributed by atoms with E-state index < -0.39 is 0 Å². The molecule has 1 aliphatic carbocycles. The van der Waals surface area contributed by atoms with Gasteiger partial charge in [-0.05, 0) is 36.7 Å². The Kier molecular flexibility index (Phi) is 3.70. The van der Waals surface area contributed by atoms with E-state index in [9.17, 15) is 0 Å². The van der Waals surface area contributed by atoms with Crippen molar-refractivity contribution in [2.75, 3.05) is 6.54 Å². The number of rotatable bonds is 3. The molecule has 0 radical (unpaired) electrons. The van der Waals surface area contributed by atoms with Crippen LogP contribution in [0.4, 0.5) is 0 Å². The molecule has 0 aromatic carbocycles. The van der Waals surface area contributed by atoms with Crippen molar-refractivity contribution in [3.8, 4) is 0 Å². The maximum atomic E-state index is 6.12. The maximum Gasteiger partial charge on any atom is 0.102 e. The summed E-state index contributed by atoms with van der Waals surface area (Å²) in [7, 11) is 0. The van der Waals surface area contributed by atoms with Crippen LogP contribution in [0.25, 0.3) is 0 Å². The van der Waals surface area contributed by atoms with Gasteiger partial charge < -0.3 is 0 Å². The maximum absolute atomic E-state index is 6.12. The largest absolute Gasteiger partial charge is 0.291 e. The third-order valence-electron chi connectivity index (χ3n) is 3.51. The van der Waals surface area contributed by atoms with Crippen LogP contribution >= 0.6 is 0 Å². The van der Waals surface area contributed by atoms with E-state index in [4.69, 9.17) is 4.84 Å². The van der Waals surface area contributed by atoms with E-state index in [0.29, 0.717) is 24.0 Å². The first-order valence-corrected chi connectivity index (χ1v) is 6.73. The van der Waals surface area contributed by atoms with E-state index in [1.54, 1.807) is 5.57 Å². The second kappa shape index (κ2) is 4.89. The van der Waals surface area contributed by atoms with Crippen molar-refractivity contribution in [3.63, 3.8) is 0 Å². The molecule has 0 spiro atoms. The minimum absolute atomic E-state index is 0.389. The van der Waals surface area contributed by atoms with Crippen LogP contribution in [0.1, 0.15) is 47.0 Å². The highest BCUT2D eigenvalue weighted by Crippen LogP contribution is 2.37. The Bertz CT molecular complexity index is 270. The Morgan fingerprint density at radius 3 is 2.75 bits per heavy atom. The summed E-state index contributed by atoms with van der Waals surface area (Å²) in [5.41, 5.74) is 1.56. The first-order valence-electron chi connectivity index (χ1n) is 6.73. The standard InChI is InChI=1S/C14H25NO/c1-10(2)9-15-14(11(3)4)12-7-5-6-8-13(12)16-15/h7,10-11,13-14H,5-6,8-9H2,1-4H3/t13-,14-/m0/s1. The molecule has 2 nitrogen and oxygen atoms in total. The fraction of sp³-hybridized carbons (Fsp3) is 0.857. The fourth-order valence-electron chi connectivity index (χ4n) is 2.92. The summed E-state index contributed by atoms with van der Waals surface area (Å²) in [4.78, 5) is 6.12. The predicted octanol–water partition coefficient (Wildman–Crippen LogP) is 3.39. The van der Waals surface area contributed by atoms with Crippen molar-refractivity contribution in [2.24, 2.45) is 11.8 Å². The van der Waals surface area contributed by atoms with Gasteiger partial charge in [-0.1, -0.05) is 33.8 Å². The van der Waals surface area contributed by atoms with Crippen molar-refractivity contribution in [1.29, 1.82) is 0 Å². The van der Waals surface area contributed by atoms with E-state index in [-0.39, 0.29) is 0 Å². The molecule has 1 heterocycles. The summed E-state index contributed by atoms with van der Waals surface area (Å²) >= 11 is 0. The van der Waals surface area contributed by atoms with Crippen LogP contribution < -0.4 is 0 Å². The van der Waals surface area contributed by atoms with E-state index in [0.717, 1.165) is 6.54 Å². The topological polar surface area (TPSA) is 12.5 Å². The van der Waals surface area contributed by atoms with Gasteiger partial charge in [0.25, 0.3) is 0 Å². The lowest BCUT2D eigenvalue weighted by molar-refractivity contribution is -0.174. The van der Waals surface area contributed by atoms with Gasteiger partial charge in [-0.25, -0.2) is 0 Å². The average Bonchev–Trinajstić information content (AvgIpc) is 2.53. The Labute approximate surface area is 99.6 Å². The van der Waals surface area contributed by atoms with Crippen molar-refractivity contribution in [3.05, 3.63) is 11.6 Å². The second-order valence-electron chi connectivity index (χ2n) is 5.91. The Morgan fingerprint density at radius 1 is 1.38 bits per heavy atom. The van der Waals surface area contributed by atoms with Gasteiger partial charge in [0.2, 0.25) is 0 Å². The normalized spacial score (nSPS) is 31.0. The fourth-order valence-corrected chi connectivity index (χ4v) is 2.92. The zero-order valence-corrected chi connectivity index (χ0v) is 11.1. The SMILES string of the molecule is CC(C)CN1O[C@H]2CCCC=C2[C@@H]1C(C)C. The molecule has 0 bridgehead atoms. The number of hydrogen-bond donors (Lipinski definition) is 0. The Hall–Kier alpha value is -0.340. The van der Waals surface area contributed by atoms with Gasteiger partial charge in [0.15, 0.2) is 0 Å². The first kappa shape index (κ1) is 12.1. The Balaban J connectivity index is 2.15. The first-order chi connectivity index (χ1) is 7.59. The molecule has 2 rings (SSSR count).